The zero-order valence-electron chi connectivity index (χ0n) is 20.1. The summed E-state index contributed by atoms with van der Waals surface area (Å²) in [6.45, 7) is 2.04. The van der Waals surface area contributed by atoms with Gasteiger partial charge in [0.1, 0.15) is 18.1 Å². The van der Waals surface area contributed by atoms with Gasteiger partial charge < -0.3 is 37.2 Å². The first-order valence-corrected chi connectivity index (χ1v) is 12.0. The number of aliphatic hydroxyl groups is 1. The summed E-state index contributed by atoms with van der Waals surface area (Å²) in [6.07, 6.45) is 1.30. The molecule has 3 amide bonds. The van der Waals surface area contributed by atoms with Gasteiger partial charge in [-0.3, -0.25) is 14.4 Å². The lowest BCUT2D eigenvalue weighted by atomic mass is 10.0. The van der Waals surface area contributed by atoms with E-state index in [9.17, 15) is 29.4 Å². The standard InChI is InChI=1S/C24H37N5O6/c1-15(30)20(28-21(31)17(26)14-16-8-3-2-4-9-16)23(33)29-13-7-11-19(29)22(32)27-18(24(34)35)10-5-6-12-25/h2-4,8-9,15,17-20,30H,5-7,10-14,25-26H2,1H3,(H,27,32)(H,28,31)(H,34,35). The van der Waals surface area contributed by atoms with Gasteiger partial charge in [0.2, 0.25) is 17.7 Å². The fraction of sp³-hybridized carbons (Fsp3) is 0.583. The van der Waals surface area contributed by atoms with E-state index < -0.39 is 54.0 Å². The molecule has 11 heteroatoms. The zero-order valence-corrected chi connectivity index (χ0v) is 20.1. The highest BCUT2D eigenvalue weighted by atomic mass is 16.4. The van der Waals surface area contributed by atoms with Crippen LogP contribution >= 0.6 is 0 Å². The van der Waals surface area contributed by atoms with Crippen LogP contribution < -0.4 is 22.1 Å². The third kappa shape index (κ3) is 8.30. The summed E-state index contributed by atoms with van der Waals surface area (Å²) < 4.78 is 0. The minimum atomic E-state index is -1.29. The van der Waals surface area contributed by atoms with Crippen molar-refractivity contribution in [2.24, 2.45) is 11.5 Å². The molecule has 1 aliphatic rings. The van der Waals surface area contributed by atoms with Crippen molar-refractivity contribution in [2.75, 3.05) is 13.1 Å². The Bertz CT molecular complexity index is 865. The monoisotopic (exact) mass is 491 g/mol. The van der Waals surface area contributed by atoms with E-state index in [0.717, 1.165) is 5.56 Å². The molecule has 1 heterocycles. The van der Waals surface area contributed by atoms with Crippen LogP contribution in [-0.2, 0) is 25.6 Å². The number of hydrogen-bond donors (Lipinski definition) is 6. The SMILES string of the molecule is CC(O)C(NC(=O)C(N)Cc1ccccc1)C(=O)N1CCCC1C(=O)NC(CCCCN)C(=O)O. The number of hydrogen-bond acceptors (Lipinski definition) is 7. The number of amides is 3. The molecule has 0 bridgehead atoms. The molecule has 5 atom stereocenters. The van der Waals surface area contributed by atoms with E-state index in [1.807, 2.05) is 30.3 Å². The maximum absolute atomic E-state index is 13.2. The van der Waals surface area contributed by atoms with Gasteiger partial charge in [-0.1, -0.05) is 30.3 Å². The highest BCUT2D eigenvalue weighted by Crippen LogP contribution is 2.20. The fourth-order valence-corrected chi connectivity index (χ4v) is 4.11. The molecule has 1 fully saturated rings. The molecule has 0 aromatic heterocycles. The Labute approximate surface area is 205 Å². The summed E-state index contributed by atoms with van der Waals surface area (Å²) in [7, 11) is 0. The lowest BCUT2D eigenvalue weighted by Gasteiger charge is -2.31. The quantitative estimate of drug-likeness (QED) is 0.192. The summed E-state index contributed by atoms with van der Waals surface area (Å²) in [5.41, 5.74) is 12.3. The van der Waals surface area contributed by atoms with Gasteiger partial charge in [-0.25, -0.2) is 4.79 Å². The van der Waals surface area contributed by atoms with Crippen molar-refractivity contribution in [1.82, 2.24) is 15.5 Å². The van der Waals surface area contributed by atoms with Crippen molar-refractivity contribution in [2.45, 2.75) is 75.7 Å². The van der Waals surface area contributed by atoms with E-state index in [1.165, 1.54) is 11.8 Å². The molecule has 1 saturated heterocycles. The molecule has 1 aromatic carbocycles. The van der Waals surface area contributed by atoms with Gasteiger partial charge in [0.15, 0.2) is 0 Å². The molecular formula is C24H37N5O6. The van der Waals surface area contributed by atoms with Crippen LogP contribution in [0.5, 0.6) is 0 Å². The second-order valence-corrected chi connectivity index (χ2v) is 8.90. The number of carbonyl (C=O) groups excluding carboxylic acids is 3. The van der Waals surface area contributed by atoms with Crippen LogP contribution in [0.4, 0.5) is 0 Å². The molecule has 194 valence electrons. The van der Waals surface area contributed by atoms with Gasteiger partial charge in [-0.15, -0.1) is 0 Å². The van der Waals surface area contributed by atoms with Crippen LogP contribution in [0, 0.1) is 0 Å². The minimum Gasteiger partial charge on any atom is -0.480 e. The molecule has 2 rings (SSSR count). The molecule has 0 spiro atoms. The van der Waals surface area contributed by atoms with Gasteiger partial charge in [0.05, 0.1) is 12.1 Å². The Kier molecular flexibility index (Phi) is 11.1. The third-order valence-electron chi connectivity index (χ3n) is 6.08. The Morgan fingerprint density at radius 2 is 1.83 bits per heavy atom. The third-order valence-corrected chi connectivity index (χ3v) is 6.08. The first kappa shape index (κ1) is 28.2. The van der Waals surface area contributed by atoms with E-state index in [2.05, 4.69) is 10.6 Å². The number of nitrogens with zero attached hydrogens (tertiary/aromatic N) is 1. The van der Waals surface area contributed by atoms with Gasteiger partial charge in [-0.05, 0) is 57.6 Å². The van der Waals surface area contributed by atoms with E-state index in [-0.39, 0.29) is 19.4 Å². The molecular weight excluding hydrogens is 454 g/mol. The average Bonchev–Trinajstić information content (AvgIpc) is 3.32. The van der Waals surface area contributed by atoms with Gasteiger partial charge >= 0.3 is 5.97 Å². The summed E-state index contributed by atoms with van der Waals surface area (Å²) in [5, 5.41) is 24.7. The number of aliphatic carboxylic acids is 1. The van der Waals surface area contributed by atoms with Crippen LogP contribution in [0.25, 0.3) is 0 Å². The molecule has 35 heavy (non-hydrogen) atoms. The van der Waals surface area contributed by atoms with E-state index in [4.69, 9.17) is 11.5 Å². The number of carboxylic acid groups (broad SMARTS) is 1. The Morgan fingerprint density at radius 3 is 2.43 bits per heavy atom. The molecule has 0 saturated carbocycles. The van der Waals surface area contributed by atoms with Crippen molar-refractivity contribution >= 4 is 23.7 Å². The molecule has 1 aliphatic heterocycles. The molecule has 8 N–H and O–H groups in total. The van der Waals surface area contributed by atoms with Crippen LogP contribution in [-0.4, -0.2) is 82.2 Å². The summed E-state index contributed by atoms with van der Waals surface area (Å²) in [4.78, 5) is 51.6. The predicted octanol–water partition coefficient (Wildman–Crippen LogP) is -0.889. The van der Waals surface area contributed by atoms with Crippen molar-refractivity contribution in [3.05, 3.63) is 35.9 Å². The number of likely N-dealkylation sites (tertiary alicyclic amines) is 1. The Hall–Kier alpha value is -3.02. The van der Waals surface area contributed by atoms with Gasteiger partial charge in [0, 0.05) is 6.54 Å². The molecule has 11 nitrogen and oxygen atoms in total. The lowest BCUT2D eigenvalue weighted by Crippen LogP contribution is -2.59. The first-order valence-electron chi connectivity index (χ1n) is 12.0. The van der Waals surface area contributed by atoms with Crippen molar-refractivity contribution in [3.63, 3.8) is 0 Å². The van der Waals surface area contributed by atoms with E-state index >= 15 is 0 Å². The summed E-state index contributed by atoms with van der Waals surface area (Å²) in [6, 6.07) is 4.95. The average molecular weight is 492 g/mol. The summed E-state index contributed by atoms with van der Waals surface area (Å²) >= 11 is 0. The number of nitrogens with two attached hydrogens (primary N) is 2. The number of nitrogens with one attached hydrogen (secondary N) is 2. The second kappa shape index (κ2) is 13.8. The maximum Gasteiger partial charge on any atom is 0.326 e. The normalized spacial score (nSPS) is 18.9. The van der Waals surface area contributed by atoms with Crippen LogP contribution in [0.1, 0.15) is 44.6 Å². The van der Waals surface area contributed by atoms with Crippen LogP contribution in [0.3, 0.4) is 0 Å². The number of rotatable bonds is 13. The minimum absolute atomic E-state index is 0.227. The number of aliphatic hydroxyl groups excluding tert-OH is 1. The largest absolute Gasteiger partial charge is 0.480 e. The van der Waals surface area contributed by atoms with Gasteiger partial charge in [-0.2, -0.15) is 0 Å². The van der Waals surface area contributed by atoms with Gasteiger partial charge in [0.25, 0.3) is 0 Å². The maximum atomic E-state index is 13.2. The second-order valence-electron chi connectivity index (χ2n) is 8.90. The smallest absolute Gasteiger partial charge is 0.326 e. The van der Waals surface area contributed by atoms with Crippen molar-refractivity contribution in [3.8, 4) is 0 Å². The first-order chi connectivity index (χ1) is 16.6. The number of benzene rings is 1. The zero-order chi connectivity index (χ0) is 26.0. The molecule has 0 aliphatic carbocycles. The fourth-order valence-electron chi connectivity index (χ4n) is 4.11. The van der Waals surface area contributed by atoms with Crippen molar-refractivity contribution in [1.29, 1.82) is 0 Å². The van der Waals surface area contributed by atoms with E-state index in [0.29, 0.717) is 32.2 Å². The Balaban J connectivity index is 2.04. The molecule has 5 unspecified atom stereocenters. The molecule has 0 radical (unpaired) electrons. The number of carboxylic acids is 1. The van der Waals surface area contributed by atoms with Crippen LogP contribution in [0.2, 0.25) is 0 Å². The van der Waals surface area contributed by atoms with E-state index in [1.54, 1.807) is 0 Å². The number of unbranched alkanes of at least 4 members (excludes halogenated alkanes) is 1. The highest BCUT2D eigenvalue weighted by Gasteiger charge is 2.40. The molecule has 1 aromatic rings. The lowest BCUT2D eigenvalue weighted by molar-refractivity contribution is -0.146. The predicted molar refractivity (Wildman–Crippen MR) is 129 cm³/mol. The van der Waals surface area contributed by atoms with Crippen molar-refractivity contribution < 1.29 is 29.4 Å². The Morgan fingerprint density at radius 1 is 1.14 bits per heavy atom. The highest BCUT2D eigenvalue weighted by molar-refractivity contribution is 5.94. The van der Waals surface area contributed by atoms with Crippen LogP contribution in [0.15, 0.2) is 30.3 Å². The summed E-state index contributed by atoms with van der Waals surface area (Å²) in [5.74, 6) is -2.95. The topological polar surface area (TPSA) is 188 Å². The number of carbonyl (C=O) groups is 4.